The van der Waals surface area contributed by atoms with E-state index < -0.39 is 5.91 Å². The smallest absolute Gasteiger partial charge is 0.264 e. The summed E-state index contributed by atoms with van der Waals surface area (Å²) in [6.45, 7) is 1.55. The van der Waals surface area contributed by atoms with Crippen molar-refractivity contribution in [1.29, 1.82) is 5.26 Å². The molecule has 126 valence electrons. The summed E-state index contributed by atoms with van der Waals surface area (Å²) in [6, 6.07) is 6.64. The third kappa shape index (κ3) is 4.72. The molecule has 0 aliphatic carbocycles. The third-order valence-electron chi connectivity index (χ3n) is 3.29. The molecule has 0 aromatic heterocycles. The van der Waals surface area contributed by atoms with E-state index in [4.69, 9.17) is 26.8 Å². The van der Waals surface area contributed by atoms with E-state index in [9.17, 15) is 14.9 Å². The van der Waals surface area contributed by atoms with Crippen LogP contribution in [0.5, 0.6) is 5.75 Å². The van der Waals surface area contributed by atoms with E-state index in [1.165, 1.54) is 6.08 Å². The predicted molar refractivity (Wildman–Crippen MR) is 87.1 cm³/mol. The van der Waals surface area contributed by atoms with Gasteiger partial charge in [-0.3, -0.25) is 9.59 Å². The van der Waals surface area contributed by atoms with Gasteiger partial charge in [0.1, 0.15) is 17.4 Å². The highest BCUT2D eigenvalue weighted by Crippen LogP contribution is 2.26. The molecule has 2 N–H and O–H groups in total. The molecule has 2 amide bonds. The molecule has 8 heteroatoms. The predicted octanol–water partition coefficient (Wildman–Crippen LogP) is 0.970. The molecule has 1 aromatic rings. The molecule has 1 aliphatic heterocycles. The van der Waals surface area contributed by atoms with Crippen molar-refractivity contribution in [3.05, 3.63) is 34.4 Å². The zero-order valence-corrected chi connectivity index (χ0v) is 13.6. The van der Waals surface area contributed by atoms with E-state index in [1.54, 1.807) is 23.1 Å². The summed E-state index contributed by atoms with van der Waals surface area (Å²) in [5, 5.41) is 9.50. The zero-order valence-electron chi connectivity index (χ0n) is 12.8. The molecule has 0 bridgehead atoms. The Kier molecular flexibility index (Phi) is 6.18. The Morgan fingerprint density at radius 3 is 2.71 bits per heavy atom. The van der Waals surface area contributed by atoms with Gasteiger partial charge in [-0.15, -0.1) is 0 Å². The quantitative estimate of drug-likeness (QED) is 0.629. The summed E-state index contributed by atoms with van der Waals surface area (Å²) in [7, 11) is 0. The van der Waals surface area contributed by atoms with Gasteiger partial charge in [-0.2, -0.15) is 5.26 Å². The lowest BCUT2D eigenvalue weighted by Gasteiger charge is -2.26. The fourth-order valence-electron chi connectivity index (χ4n) is 2.12. The molecule has 0 spiro atoms. The van der Waals surface area contributed by atoms with Crippen molar-refractivity contribution in [3.8, 4) is 11.8 Å². The van der Waals surface area contributed by atoms with Crippen molar-refractivity contribution in [1.82, 2.24) is 4.90 Å². The van der Waals surface area contributed by atoms with E-state index in [-0.39, 0.29) is 23.1 Å². The molecule has 1 heterocycles. The van der Waals surface area contributed by atoms with Crippen LogP contribution >= 0.6 is 11.6 Å². The second kappa shape index (κ2) is 8.34. The van der Waals surface area contributed by atoms with E-state index in [1.807, 2.05) is 6.07 Å². The number of hydrogen-bond donors (Lipinski definition) is 1. The molecule has 0 atom stereocenters. The Balaban J connectivity index is 2.15. The first-order chi connectivity index (χ1) is 11.5. The van der Waals surface area contributed by atoms with Crippen LogP contribution in [0.15, 0.2) is 23.8 Å². The number of benzene rings is 1. The van der Waals surface area contributed by atoms with Crippen molar-refractivity contribution >= 4 is 29.5 Å². The van der Waals surface area contributed by atoms with E-state index in [0.717, 1.165) is 0 Å². The van der Waals surface area contributed by atoms with Crippen LogP contribution in [0.1, 0.15) is 5.56 Å². The molecule has 0 radical (unpaired) electrons. The number of nitrogens with zero attached hydrogens (tertiary/aromatic N) is 2. The van der Waals surface area contributed by atoms with Crippen LogP contribution in [0, 0.1) is 11.3 Å². The van der Waals surface area contributed by atoms with Crippen molar-refractivity contribution in [3.63, 3.8) is 0 Å². The number of carbonyl (C=O) groups excluding carboxylic acids is 2. The van der Waals surface area contributed by atoms with Crippen molar-refractivity contribution in [2.75, 3.05) is 32.9 Å². The molecule has 0 saturated carbocycles. The van der Waals surface area contributed by atoms with Crippen LogP contribution in [0.3, 0.4) is 0 Å². The van der Waals surface area contributed by atoms with Crippen LogP contribution in [0.2, 0.25) is 5.02 Å². The van der Waals surface area contributed by atoms with Gasteiger partial charge in [-0.1, -0.05) is 17.7 Å². The number of carbonyl (C=O) groups is 2. The number of nitrogens with two attached hydrogens (primary N) is 1. The highest BCUT2D eigenvalue weighted by Gasteiger charge is 2.20. The Hall–Kier alpha value is -2.56. The minimum Gasteiger partial charge on any atom is -0.482 e. The molecule has 7 nitrogen and oxygen atoms in total. The summed E-state index contributed by atoms with van der Waals surface area (Å²) in [5.41, 5.74) is 5.59. The van der Waals surface area contributed by atoms with Gasteiger partial charge in [0.05, 0.1) is 18.2 Å². The second-order valence-electron chi connectivity index (χ2n) is 5.02. The molecule has 24 heavy (non-hydrogen) atoms. The fraction of sp³-hybridized carbons (Fsp3) is 0.312. The molecule has 1 fully saturated rings. The molecule has 0 unspecified atom stereocenters. The third-order valence-corrected chi connectivity index (χ3v) is 3.58. The number of rotatable bonds is 5. The minimum atomic E-state index is -0.613. The Morgan fingerprint density at radius 1 is 1.42 bits per heavy atom. The molecular formula is C16H16ClN3O4. The van der Waals surface area contributed by atoms with E-state index >= 15 is 0 Å². The summed E-state index contributed by atoms with van der Waals surface area (Å²) < 4.78 is 10.3. The fourth-order valence-corrected chi connectivity index (χ4v) is 2.36. The number of halogens is 1. The maximum atomic E-state index is 12.3. The van der Waals surface area contributed by atoms with Crippen LogP contribution in [-0.4, -0.2) is 49.6 Å². The van der Waals surface area contributed by atoms with Gasteiger partial charge in [0.25, 0.3) is 11.8 Å². The van der Waals surface area contributed by atoms with Gasteiger partial charge in [0, 0.05) is 13.1 Å². The van der Waals surface area contributed by atoms with Gasteiger partial charge in [0.15, 0.2) is 6.61 Å². The lowest BCUT2D eigenvalue weighted by Crippen LogP contribution is -2.41. The monoisotopic (exact) mass is 349 g/mol. The average Bonchev–Trinajstić information content (AvgIpc) is 2.59. The minimum absolute atomic E-state index is 0.0128. The lowest BCUT2D eigenvalue weighted by atomic mass is 10.1. The van der Waals surface area contributed by atoms with E-state index in [0.29, 0.717) is 37.6 Å². The van der Waals surface area contributed by atoms with Crippen molar-refractivity contribution in [2.24, 2.45) is 5.73 Å². The summed E-state index contributed by atoms with van der Waals surface area (Å²) in [5.74, 6) is -0.658. The van der Waals surface area contributed by atoms with Gasteiger partial charge in [-0.05, 0) is 23.8 Å². The number of primary amides is 1. The average molecular weight is 350 g/mol. The first kappa shape index (κ1) is 17.8. The van der Waals surface area contributed by atoms with Gasteiger partial charge < -0.3 is 20.1 Å². The lowest BCUT2D eigenvalue weighted by molar-refractivity contribution is -0.130. The Labute approximate surface area is 144 Å². The first-order valence-electron chi connectivity index (χ1n) is 7.20. The molecule has 1 aliphatic rings. The summed E-state index contributed by atoms with van der Waals surface area (Å²) in [6.07, 6.45) is 1.46. The van der Waals surface area contributed by atoms with Gasteiger partial charge >= 0.3 is 0 Å². The summed E-state index contributed by atoms with van der Waals surface area (Å²) in [4.78, 5) is 24.6. The molecular weight excluding hydrogens is 334 g/mol. The first-order valence-corrected chi connectivity index (χ1v) is 7.58. The normalized spacial score (nSPS) is 14.8. The van der Waals surface area contributed by atoms with Crippen LogP contribution < -0.4 is 10.5 Å². The molecule has 2 rings (SSSR count). The standard InChI is InChI=1S/C16H16ClN3O4/c17-13-8-11(1-2-14(13)24-10-15(19)21)7-12(9-18)16(22)20-3-5-23-6-4-20/h1-2,7-8H,3-6,10H2,(H2,19,21). The number of hydrogen-bond acceptors (Lipinski definition) is 5. The Bertz CT molecular complexity index is 706. The number of morpholine rings is 1. The largest absolute Gasteiger partial charge is 0.482 e. The highest BCUT2D eigenvalue weighted by molar-refractivity contribution is 6.32. The Morgan fingerprint density at radius 2 is 2.12 bits per heavy atom. The van der Waals surface area contributed by atoms with Crippen molar-refractivity contribution in [2.45, 2.75) is 0 Å². The number of nitriles is 1. The zero-order chi connectivity index (χ0) is 17.5. The number of ether oxygens (including phenoxy) is 2. The van der Waals surface area contributed by atoms with Gasteiger partial charge in [0.2, 0.25) is 0 Å². The topological polar surface area (TPSA) is 106 Å². The van der Waals surface area contributed by atoms with E-state index in [2.05, 4.69) is 0 Å². The van der Waals surface area contributed by atoms with Crippen LogP contribution in [-0.2, 0) is 14.3 Å². The van der Waals surface area contributed by atoms with Crippen LogP contribution in [0.25, 0.3) is 6.08 Å². The SMILES string of the molecule is N#CC(=Cc1ccc(OCC(N)=O)c(Cl)c1)C(=O)N1CCOCC1. The number of amides is 2. The summed E-state index contributed by atoms with van der Waals surface area (Å²) >= 11 is 6.07. The second-order valence-corrected chi connectivity index (χ2v) is 5.43. The van der Waals surface area contributed by atoms with Crippen LogP contribution in [0.4, 0.5) is 0 Å². The molecule has 1 saturated heterocycles. The van der Waals surface area contributed by atoms with Gasteiger partial charge in [-0.25, -0.2) is 0 Å². The molecule has 1 aromatic carbocycles. The highest BCUT2D eigenvalue weighted by atomic mass is 35.5. The van der Waals surface area contributed by atoms with Crippen molar-refractivity contribution < 1.29 is 19.1 Å². The maximum absolute atomic E-state index is 12.3. The maximum Gasteiger partial charge on any atom is 0.264 e.